The van der Waals surface area contributed by atoms with Crippen LogP contribution in [0.1, 0.15) is 50.7 Å². The lowest BCUT2D eigenvalue weighted by molar-refractivity contribution is -0.123. The maximum Gasteiger partial charge on any atom is 0.237 e. The predicted octanol–water partition coefficient (Wildman–Crippen LogP) is 4.40. The van der Waals surface area contributed by atoms with Crippen molar-refractivity contribution < 1.29 is 23.8 Å². The molecular formula is C28H34Cl2FN3O4. The minimum absolute atomic E-state index is 0.0722. The van der Waals surface area contributed by atoms with Crippen LogP contribution in [0, 0.1) is 11.2 Å². The smallest absolute Gasteiger partial charge is 0.237 e. The SMILES string of the molecule is CC(C)(C)CC1N[C@@H](C(=O)NCCCOCCO)[C@H](c2cccc(Cl)c2F)[C@@]12C(=O)Nc1cc(Cl)ccc12. The van der Waals surface area contributed by atoms with Crippen molar-refractivity contribution in [3.05, 3.63) is 63.4 Å². The molecule has 2 aromatic carbocycles. The molecule has 2 amide bonds. The molecular weight excluding hydrogens is 532 g/mol. The lowest BCUT2D eigenvalue weighted by atomic mass is 9.62. The van der Waals surface area contributed by atoms with Crippen LogP contribution in [0.25, 0.3) is 0 Å². The molecule has 1 spiro atoms. The van der Waals surface area contributed by atoms with Gasteiger partial charge in [-0.2, -0.15) is 0 Å². The quantitative estimate of drug-likeness (QED) is 0.338. The second-order valence-electron chi connectivity index (χ2n) is 11.1. The topological polar surface area (TPSA) is 99.7 Å². The van der Waals surface area contributed by atoms with Crippen molar-refractivity contribution in [1.29, 1.82) is 0 Å². The molecule has 4 atom stereocenters. The fourth-order valence-electron chi connectivity index (χ4n) is 5.81. The van der Waals surface area contributed by atoms with Crippen LogP contribution in [-0.4, -0.2) is 55.4 Å². The lowest BCUT2D eigenvalue weighted by Gasteiger charge is -2.37. The van der Waals surface area contributed by atoms with Gasteiger partial charge in [-0.25, -0.2) is 4.39 Å². The van der Waals surface area contributed by atoms with Crippen molar-refractivity contribution in [3.8, 4) is 0 Å². The maximum absolute atomic E-state index is 15.7. The molecule has 2 heterocycles. The molecule has 206 valence electrons. The van der Waals surface area contributed by atoms with E-state index >= 15 is 4.39 Å². The molecule has 38 heavy (non-hydrogen) atoms. The number of halogens is 3. The van der Waals surface area contributed by atoms with Gasteiger partial charge >= 0.3 is 0 Å². The molecule has 2 aromatic rings. The molecule has 0 radical (unpaired) electrons. The average molecular weight is 567 g/mol. The highest BCUT2D eigenvalue weighted by molar-refractivity contribution is 6.31. The van der Waals surface area contributed by atoms with Gasteiger partial charge in [0.2, 0.25) is 11.8 Å². The number of amides is 2. The fourth-order valence-corrected chi connectivity index (χ4v) is 6.17. The summed E-state index contributed by atoms with van der Waals surface area (Å²) in [6, 6.07) is 8.46. The van der Waals surface area contributed by atoms with E-state index in [2.05, 4.69) is 36.7 Å². The van der Waals surface area contributed by atoms with Gasteiger partial charge in [0.25, 0.3) is 0 Å². The number of anilines is 1. The van der Waals surface area contributed by atoms with Crippen LogP contribution < -0.4 is 16.0 Å². The third-order valence-electron chi connectivity index (χ3n) is 7.22. The number of aliphatic hydroxyl groups excluding tert-OH is 1. The molecule has 0 saturated carbocycles. The Labute approximate surface area is 232 Å². The summed E-state index contributed by atoms with van der Waals surface area (Å²) < 4.78 is 21.0. The van der Waals surface area contributed by atoms with E-state index in [4.69, 9.17) is 33.0 Å². The molecule has 2 aliphatic heterocycles. The van der Waals surface area contributed by atoms with E-state index in [9.17, 15) is 9.59 Å². The van der Waals surface area contributed by atoms with Crippen molar-refractivity contribution in [2.45, 2.75) is 57.0 Å². The third kappa shape index (κ3) is 5.42. The van der Waals surface area contributed by atoms with E-state index in [1.165, 1.54) is 6.07 Å². The normalized spacial score (nSPS) is 24.5. The summed E-state index contributed by atoms with van der Waals surface area (Å²) in [4.78, 5) is 27.7. The summed E-state index contributed by atoms with van der Waals surface area (Å²) in [6.07, 6.45) is 1.08. The first-order valence-electron chi connectivity index (χ1n) is 12.8. The van der Waals surface area contributed by atoms with E-state index in [0.29, 0.717) is 42.3 Å². The van der Waals surface area contributed by atoms with Crippen LogP contribution in [0.5, 0.6) is 0 Å². The Balaban J connectivity index is 1.82. The third-order valence-corrected chi connectivity index (χ3v) is 7.75. The van der Waals surface area contributed by atoms with Gasteiger partial charge in [0.15, 0.2) is 0 Å². The predicted molar refractivity (Wildman–Crippen MR) is 146 cm³/mol. The first-order valence-corrected chi connectivity index (χ1v) is 13.5. The zero-order valence-corrected chi connectivity index (χ0v) is 23.3. The highest BCUT2D eigenvalue weighted by atomic mass is 35.5. The minimum Gasteiger partial charge on any atom is -0.394 e. The van der Waals surface area contributed by atoms with Crippen LogP contribution in [-0.2, 0) is 19.7 Å². The fraction of sp³-hybridized carbons (Fsp3) is 0.500. The Hall–Kier alpha value is -2.23. The summed E-state index contributed by atoms with van der Waals surface area (Å²) in [7, 11) is 0. The largest absolute Gasteiger partial charge is 0.394 e. The minimum atomic E-state index is -1.29. The molecule has 0 aromatic heterocycles. The zero-order chi connectivity index (χ0) is 27.7. The Morgan fingerprint density at radius 3 is 2.68 bits per heavy atom. The Bertz CT molecular complexity index is 1210. The summed E-state index contributed by atoms with van der Waals surface area (Å²) in [5, 5.41) is 18.6. The van der Waals surface area contributed by atoms with Gasteiger partial charge in [-0.15, -0.1) is 0 Å². The number of rotatable bonds is 9. The van der Waals surface area contributed by atoms with Crippen LogP contribution in [0.2, 0.25) is 10.0 Å². The number of nitrogens with one attached hydrogen (secondary N) is 3. The highest BCUT2D eigenvalue weighted by Crippen LogP contribution is 2.57. The van der Waals surface area contributed by atoms with E-state index in [1.807, 2.05) is 0 Å². The molecule has 2 aliphatic rings. The second kappa shape index (κ2) is 11.5. The van der Waals surface area contributed by atoms with E-state index in [0.717, 1.165) is 0 Å². The van der Waals surface area contributed by atoms with Crippen molar-refractivity contribution in [2.75, 3.05) is 31.7 Å². The zero-order valence-electron chi connectivity index (χ0n) is 21.7. The van der Waals surface area contributed by atoms with Gasteiger partial charge in [0.05, 0.1) is 24.3 Å². The molecule has 4 N–H and O–H groups in total. The molecule has 10 heteroatoms. The molecule has 0 aliphatic carbocycles. The number of carbonyl (C=O) groups excluding carboxylic acids is 2. The first-order chi connectivity index (χ1) is 18.0. The van der Waals surface area contributed by atoms with E-state index in [-0.39, 0.29) is 41.0 Å². The summed E-state index contributed by atoms with van der Waals surface area (Å²) in [5.74, 6) is -2.19. The summed E-state index contributed by atoms with van der Waals surface area (Å²) >= 11 is 12.5. The second-order valence-corrected chi connectivity index (χ2v) is 11.9. The molecule has 1 fully saturated rings. The molecule has 1 saturated heterocycles. The summed E-state index contributed by atoms with van der Waals surface area (Å²) in [5.41, 5.74) is -0.0768. The molecule has 4 rings (SSSR count). The Kier molecular flexibility index (Phi) is 8.69. The Morgan fingerprint density at radius 2 is 1.97 bits per heavy atom. The number of aliphatic hydroxyl groups is 1. The summed E-state index contributed by atoms with van der Waals surface area (Å²) in [6.45, 7) is 7.04. The first kappa shape index (κ1) is 28.8. The van der Waals surface area contributed by atoms with Crippen LogP contribution in [0.3, 0.4) is 0 Å². The average Bonchev–Trinajstić information content (AvgIpc) is 3.31. The number of carbonyl (C=O) groups is 2. The number of benzene rings is 2. The van der Waals surface area contributed by atoms with Gasteiger partial charge < -0.3 is 25.8 Å². The number of hydrogen-bond acceptors (Lipinski definition) is 5. The van der Waals surface area contributed by atoms with Crippen molar-refractivity contribution >= 4 is 40.7 Å². The molecule has 0 bridgehead atoms. The highest BCUT2D eigenvalue weighted by Gasteiger charge is 2.66. The Morgan fingerprint density at radius 1 is 1.21 bits per heavy atom. The van der Waals surface area contributed by atoms with Crippen molar-refractivity contribution in [2.24, 2.45) is 5.41 Å². The van der Waals surface area contributed by atoms with Gasteiger partial charge in [0.1, 0.15) is 11.2 Å². The van der Waals surface area contributed by atoms with Gasteiger partial charge in [0, 0.05) is 35.8 Å². The maximum atomic E-state index is 15.7. The van der Waals surface area contributed by atoms with Gasteiger partial charge in [-0.1, -0.05) is 62.2 Å². The van der Waals surface area contributed by atoms with Crippen LogP contribution >= 0.6 is 23.2 Å². The van der Waals surface area contributed by atoms with Crippen molar-refractivity contribution in [1.82, 2.24) is 10.6 Å². The molecule has 7 nitrogen and oxygen atoms in total. The standard InChI is InChI=1S/C28H34Cl2FN3O4/c1-27(2,3)15-21-28(18-9-8-16(29)14-20(18)33-26(28)37)22(17-6-4-7-19(30)23(17)31)24(34-21)25(36)32-10-5-12-38-13-11-35/h4,6-9,14,21-22,24,34-35H,5,10-13,15H2,1-3H3,(H,32,36)(H,33,37)/t21?,22-,24+,28-/m0/s1. The lowest BCUT2D eigenvalue weighted by Crippen LogP contribution is -2.49. The van der Waals surface area contributed by atoms with Gasteiger partial charge in [-0.05, 0) is 47.6 Å². The number of fused-ring (bicyclic) bond motifs is 2. The van der Waals surface area contributed by atoms with Crippen molar-refractivity contribution in [3.63, 3.8) is 0 Å². The van der Waals surface area contributed by atoms with E-state index in [1.54, 1.807) is 30.3 Å². The molecule has 1 unspecified atom stereocenters. The van der Waals surface area contributed by atoms with Crippen LogP contribution in [0.4, 0.5) is 10.1 Å². The number of hydrogen-bond donors (Lipinski definition) is 4. The van der Waals surface area contributed by atoms with Crippen LogP contribution in [0.15, 0.2) is 36.4 Å². The monoisotopic (exact) mass is 565 g/mol. The van der Waals surface area contributed by atoms with E-state index < -0.39 is 29.2 Å². The van der Waals surface area contributed by atoms with Gasteiger partial charge in [-0.3, -0.25) is 9.59 Å². The number of ether oxygens (including phenoxy) is 1.